The van der Waals surface area contributed by atoms with Crippen LogP contribution in [0.2, 0.25) is 0 Å². The molecule has 0 bridgehead atoms. The van der Waals surface area contributed by atoms with Crippen LogP contribution in [0.5, 0.6) is 0 Å². The number of hydrogen-bond acceptors (Lipinski definition) is 2. The number of aryl methyl sites for hydroxylation is 1. The van der Waals surface area contributed by atoms with E-state index in [4.69, 9.17) is 0 Å². The van der Waals surface area contributed by atoms with Gasteiger partial charge in [-0.05, 0) is 60.4 Å². The second kappa shape index (κ2) is 8.79. The molecule has 0 fully saturated rings. The zero-order valence-electron chi connectivity index (χ0n) is 18.8. The van der Waals surface area contributed by atoms with Crippen molar-refractivity contribution < 1.29 is 4.79 Å². The summed E-state index contributed by atoms with van der Waals surface area (Å²) in [7, 11) is 2.06. The van der Waals surface area contributed by atoms with Gasteiger partial charge in [-0.3, -0.25) is 9.48 Å². The topological polar surface area (TPSA) is 51.9 Å². The Morgan fingerprint density at radius 2 is 1.73 bits per heavy atom. The van der Waals surface area contributed by atoms with Crippen molar-refractivity contribution in [3.63, 3.8) is 0 Å². The average Bonchev–Trinajstić information content (AvgIpc) is 3.43. The maximum Gasteiger partial charge on any atom is 0.255 e. The molecular weight excluding hydrogens is 408 g/mol. The molecule has 0 saturated carbocycles. The molecule has 2 aromatic heterocycles. The van der Waals surface area contributed by atoms with Crippen LogP contribution in [0.3, 0.4) is 0 Å². The van der Waals surface area contributed by atoms with E-state index < -0.39 is 0 Å². The van der Waals surface area contributed by atoms with E-state index in [1.165, 1.54) is 22.2 Å². The van der Waals surface area contributed by atoms with Gasteiger partial charge in [0.2, 0.25) is 0 Å². The Kier molecular flexibility index (Phi) is 5.53. The molecule has 0 atom stereocenters. The molecule has 5 aromatic rings. The summed E-state index contributed by atoms with van der Waals surface area (Å²) < 4.78 is 4.05. The van der Waals surface area contributed by atoms with Gasteiger partial charge >= 0.3 is 0 Å². The maximum absolute atomic E-state index is 13.0. The molecule has 5 heteroatoms. The molecule has 33 heavy (non-hydrogen) atoms. The first kappa shape index (κ1) is 20.8. The third kappa shape index (κ3) is 4.30. The van der Waals surface area contributed by atoms with Crippen molar-refractivity contribution in [2.24, 2.45) is 7.05 Å². The Bertz CT molecular complexity index is 1400. The summed E-state index contributed by atoms with van der Waals surface area (Å²) >= 11 is 0. The Morgan fingerprint density at radius 3 is 2.45 bits per heavy atom. The third-order valence-electron chi connectivity index (χ3n) is 6.23. The second-order valence-corrected chi connectivity index (χ2v) is 8.37. The fourth-order valence-corrected chi connectivity index (χ4v) is 4.28. The number of benzene rings is 3. The van der Waals surface area contributed by atoms with Crippen molar-refractivity contribution in [2.75, 3.05) is 5.32 Å². The van der Waals surface area contributed by atoms with Gasteiger partial charge in [-0.15, -0.1) is 0 Å². The van der Waals surface area contributed by atoms with Gasteiger partial charge in [0.15, 0.2) is 0 Å². The van der Waals surface area contributed by atoms with Crippen molar-refractivity contribution in [3.05, 3.63) is 119 Å². The van der Waals surface area contributed by atoms with Crippen LogP contribution in [0.25, 0.3) is 10.9 Å². The first-order chi connectivity index (χ1) is 16.1. The molecule has 0 aliphatic carbocycles. The van der Waals surface area contributed by atoms with Crippen molar-refractivity contribution in [1.29, 1.82) is 0 Å². The van der Waals surface area contributed by atoms with Crippen molar-refractivity contribution in [1.82, 2.24) is 14.3 Å². The molecule has 0 aliphatic rings. The quantitative estimate of drug-likeness (QED) is 0.380. The van der Waals surface area contributed by atoms with E-state index in [2.05, 4.69) is 59.3 Å². The van der Waals surface area contributed by atoms with Crippen LogP contribution < -0.4 is 5.32 Å². The summed E-state index contributed by atoms with van der Waals surface area (Å²) in [4.78, 5) is 13.0. The largest absolute Gasteiger partial charge is 0.348 e. The first-order valence-corrected chi connectivity index (χ1v) is 11.1. The van der Waals surface area contributed by atoms with Crippen LogP contribution in [-0.4, -0.2) is 20.3 Å². The fourth-order valence-electron chi connectivity index (χ4n) is 4.28. The maximum atomic E-state index is 13.0. The second-order valence-electron chi connectivity index (χ2n) is 8.37. The lowest BCUT2D eigenvalue weighted by molar-refractivity contribution is 0.102. The lowest BCUT2D eigenvalue weighted by Gasteiger charge is -2.08. The smallest absolute Gasteiger partial charge is 0.255 e. The highest BCUT2D eigenvalue weighted by molar-refractivity contribution is 6.06. The highest BCUT2D eigenvalue weighted by atomic mass is 16.1. The fraction of sp³-hybridized carbons (Fsp3) is 0.143. The zero-order chi connectivity index (χ0) is 22.8. The molecule has 2 heterocycles. The highest BCUT2D eigenvalue weighted by Crippen LogP contribution is 2.28. The summed E-state index contributed by atoms with van der Waals surface area (Å²) in [6.45, 7) is 2.85. The first-order valence-electron chi connectivity index (χ1n) is 11.1. The minimum absolute atomic E-state index is 0.111. The standard InChI is InChI=1S/C28H26N4O/c1-20-26(17-21-7-4-3-5-8-21)25-14-11-23(18-27(25)31(20)2)28(33)30-24-12-9-22(10-13-24)19-32-16-6-15-29-32/h3-16,18H,17,19H2,1-2H3,(H,30,33). The van der Waals surface area contributed by atoms with Gasteiger partial charge in [-0.25, -0.2) is 0 Å². The number of rotatable bonds is 6. The number of hydrogen-bond donors (Lipinski definition) is 1. The number of carbonyl (C=O) groups is 1. The number of carbonyl (C=O) groups excluding carboxylic acids is 1. The molecule has 1 amide bonds. The number of aromatic nitrogens is 3. The summed E-state index contributed by atoms with van der Waals surface area (Å²) in [6.07, 6.45) is 4.58. The Labute approximate surface area is 193 Å². The summed E-state index contributed by atoms with van der Waals surface area (Å²) in [5, 5.41) is 8.44. The molecule has 0 saturated heterocycles. The minimum atomic E-state index is -0.111. The van der Waals surface area contributed by atoms with Gasteiger partial charge in [-0.1, -0.05) is 48.5 Å². The predicted molar refractivity (Wildman–Crippen MR) is 133 cm³/mol. The van der Waals surface area contributed by atoms with Gasteiger partial charge in [0.05, 0.1) is 6.54 Å². The lowest BCUT2D eigenvalue weighted by Crippen LogP contribution is -2.12. The molecular formula is C28H26N4O. The molecule has 0 spiro atoms. The monoisotopic (exact) mass is 434 g/mol. The zero-order valence-corrected chi connectivity index (χ0v) is 18.8. The number of anilines is 1. The van der Waals surface area contributed by atoms with Gasteiger partial charge in [-0.2, -0.15) is 5.10 Å². The van der Waals surface area contributed by atoms with E-state index in [-0.39, 0.29) is 5.91 Å². The van der Waals surface area contributed by atoms with Gasteiger partial charge < -0.3 is 9.88 Å². The molecule has 0 unspecified atom stereocenters. The molecule has 5 rings (SSSR count). The number of nitrogens with zero attached hydrogens (tertiary/aromatic N) is 3. The SMILES string of the molecule is Cc1c(Cc2ccccc2)c2ccc(C(=O)Nc3ccc(Cn4cccn4)cc3)cc2n1C. The summed E-state index contributed by atoms with van der Waals surface area (Å²) in [6, 6.07) is 26.2. The van der Waals surface area contributed by atoms with Crippen LogP contribution in [-0.2, 0) is 20.0 Å². The molecule has 3 aromatic carbocycles. The highest BCUT2D eigenvalue weighted by Gasteiger charge is 2.15. The number of amides is 1. The molecule has 0 aliphatic heterocycles. The van der Waals surface area contributed by atoms with E-state index in [0.29, 0.717) is 12.1 Å². The molecule has 164 valence electrons. The Hall–Kier alpha value is -4.12. The minimum Gasteiger partial charge on any atom is -0.348 e. The van der Waals surface area contributed by atoms with E-state index in [1.54, 1.807) is 6.20 Å². The van der Waals surface area contributed by atoms with Crippen molar-refractivity contribution in [3.8, 4) is 0 Å². The van der Waals surface area contributed by atoms with Crippen LogP contribution in [0.4, 0.5) is 5.69 Å². The van der Waals surface area contributed by atoms with E-state index in [1.807, 2.05) is 59.4 Å². The van der Waals surface area contributed by atoms with Crippen LogP contribution in [0, 0.1) is 6.92 Å². The Balaban J connectivity index is 1.35. The average molecular weight is 435 g/mol. The van der Waals surface area contributed by atoms with E-state index in [0.717, 1.165) is 23.2 Å². The van der Waals surface area contributed by atoms with Crippen LogP contribution in [0.15, 0.2) is 91.3 Å². The van der Waals surface area contributed by atoms with Gasteiger partial charge in [0, 0.05) is 47.3 Å². The normalized spacial score (nSPS) is 11.1. The van der Waals surface area contributed by atoms with E-state index in [9.17, 15) is 4.79 Å². The van der Waals surface area contributed by atoms with Gasteiger partial charge in [0.25, 0.3) is 5.91 Å². The lowest BCUT2D eigenvalue weighted by atomic mass is 10.0. The van der Waals surface area contributed by atoms with Crippen LogP contribution >= 0.6 is 0 Å². The van der Waals surface area contributed by atoms with E-state index >= 15 is 0 Å². The molecule has 5 nitrogen and oxygen atoms in total. The van der Waals surface area contributed by atoms with Crippen molar-refractivity contribution >= 4 is 22.5 Å². The number of fused-ring (bicyclic) bond motifs is 1. The molecule has 1 N–H and O–H groups in total. The van der Waals surface area contributed by atoms with Crippen molar-refractivity contribution in [2.45, 2.75) is 19.9 Å². The summed E-state index contributed by atoms with van der Waals surface area (Å²) in [5.74, 6) is -0.111. The van der Waals surface area contributed by atoms with Gasteiger partial charge in [0.1, 0.15) is 0 Å². The van der Waals surface area contributed by atoms with Crippen LogP contribution in [0.1, 0.15) is 32.7 Å². The predicted octanol–water partition coefficient (Wildman–Crippen LogP) is 5.57. The third-order valence-corrected chi connectivity index (χ3v) is 6.23. The molecule has 0 radical (unpaired) electrons. The Morgan fingerprint density at radius 1 is 0.939 bits per heavy atom. The number of nitrogens with one attached hydrogen (secondary N) is 1. The summed E-state index contributed by atoms with van der Waals surface area (Å²) in [5.41, 5.74) is 7.43.